The summed E-state index contributed by atoms with van der Waals surface area (Å²) in [7, 11) is -1.12. The second-order valence-corrected chi connectivity index (χ2v) is 8.31. The number of pyridine rings is 2. The third-order valence-electron chi connectivity index (χ3n) is 4.28. The lowest BCUT2D eigenvalue weighted by Gasteiger charge is -2.24. The standard InChI is InChI=1S/C17H20N4O3S/c1-21(15-7-9-25(23,24)12-15)16-6-5-13(10-19-16)17(22)20-11-14-4-2-3-8-18-14/h2-6,8,10,15H,7,9,11-12H2,1H3,(H,20,22). The van der Waals surface area contributed by atoms with Gasteiger partial charge in [-0.3, -0.25) is 9.78 Å². The van der Waals surface area contributed by atoms with E-state index in [1.54, 1.807) is 18.3 Å². The zero-order valence-electron chi connectivity index (χ0n) is 13.9. The van der Waals surface area contributed by atoms with Crippen LogP contribution in [0.25, 0.3) is 0 Å². The third-order valence-corrected chi connectivity index (χ3v) is 6.03. The Morgan fingerprint density at radius 2 is 2.12 bits per heavy atom. The predicted octanol–water partition coefficient (Wildman–Crippen LogP) is 1.03. The van der Waals surface area contributed by atoms with Gasteiger partial charge in [0, 0.05) is 25.5 Å². The number of rotatable bonds is 5. The fourth-order valence-corrected chi connectivity index (χ4v) is 4.55. The van der Waals surface area contributed by atoms with Crippen LogP contribution in [0, 0.1) is 0 Å². The Balaban J connectivity index is 1.60. The van der Waals surface area contributed by atoms with Gasteiger partial charge in [-0.25, -0.2) is 13.4 Å². The van der Waals surface area contributed by atoms with Crippen molar-refractivity contribution >= 4 is 21.6 Å². The Labute approximate surface area is 147 Å². The van der Waals surface area contributed by atoms with E-state index in [0.717, 1.165) is 5.69 Å². The molecule has 1 atom stereocenters. The first-order chi connectivity index (χ1) is 11.9. The van der Waals surface area contributed by atoms with Gasteiger partial charge in [0.05, 0.1) is 29.3 Å². The van der Waals surface area contributed by atoms with Crippen LogP contribution in [0.1, 0.15) is 22.5 Å². The maximum atomic E-state index is 12.2. The number of amides is 1. The predicted molar refractivity (Wildman–Crippen MR) is 95.1 cm³/mol. The van der Waals surface area contributed by atoms with Crippen molar-refractivity contribution in [1.29, 1.82) is 0 Å². The highest BCUT2D eigenvalue weighted by Crippen LogP contribution is 2.21. The topological polar surface area (TPSA) is 92.3 Å². The normalized spacial score (nSPS) is 18.7. The smallest absolute Gasteiger partial charge is 0.253 e. The van der Waals surface area contributed by atoms with Crippen molar-refractivity contribution < 1.29 is 13.2 Å². The lowest BCUT2D eigenvalue weighted by atomic mass is 10.2. The SMILES string of the molecule is CN(c1ccc(C(=O)NCc2ccccn2)cn1)C1CCS(=O)(=O)C1. The summed E-state index contributed by atoms with van der Waals surface area (Å²) < 4.78 is 23.2. The maximum Gasteiger partial charge on any atom is 0.253 e. The molecule has 3 heterocycles. The van der Waals surface area contributed by atoms with Crippen molar-refractivity contribution in [3.63, 3.8) is 0 Å². The van der Waals surface area contributed by atoms with Gasteiger partial charge in [0.2, 0.25) is 0 Å². The van der Waals surface area contributed by atoms with Gasteiger partial charge in [-0.05, 0) is 30.7 Å². The molecule has 1 saturated heterocycles. The Hall–Kier alpha value is -2.48. The summed E-state index contributed by atoms with van der Waals surface area (Å²) in [4.78, 5) is 22.5. The number of anilines is 1. The number of carbonyl (C=O) groups excluding carboxylic acids is 1. The molecule has 1 fully saturated rings. The first kappa shape index (κ1) is 17.3. The van der Waals surface area contributed by atoms with E-state index in [4.69, 9.17) is 0 Å². The van der Waals surface area contributed by atoms with Crippen LogP contribution in [0.15, 0.2) is 42.7 Å². The molecule has 1 amide bonds. The number of hydrogen-bond acceptors (Lipinski definition) is 6. The zero-order chi connectivity index (χ0) is 17.9. The molecule has 8 heteroatoms. The number of nitrogens with one attached hydrogen (secondary N) is 1. The van der Waals surface area contributed by atoms with Crippen LogP contribution in [0.3, 0.4) is 0 Å². The van der Waals surface area contributed by atoms with E-state index >= 15 is 0 Å². The summed E-state index contributed by atoms with van der Waals surface area (Å²) in [5.41, 5.74) is 1.23. The maximum absolute atomic E-state index is 12.2. The van der Waals surface area contributed by atoms with Crippen molar-refractivity contribution in [3.05, 3.63) is 54.0 Å². The number of sulfone groups is 1. The molecule has 1 aliphatic rings. The summed E-state index contributed by atoms with van der Waals surface area (Å²) in [5, 5.41) is 2.80. The van der Waals surface area contributed by atoms with Crippen molar-refractivity contribution in [2.75, 3.05) is 23.5 Å². The second kappa shape index (κ2) is 7.18. The Morgan fingerprint density at radius 3 is 2.72 bits per heavy atom. The molecule has 3 rings (SSSR count). The third kappa shape index (κ3) is 4.33. The number of carbonyl (C=O) groups is 1. The summed E-state index contributed by atoms with van der Waals surface area (Å²) in [5.74, 6) is 0.798. The van der Waals surface area contributed by atoms with Gasteiger partial charge in [-0.1, -0.05) is 6.07 Å². The summed E-state index contributed by atoms with van der Waals surface area (Å²) in [6, 6.07) is 8.88. The zero-order valence-corrected chi connectivity index (χ0v) is 14.7. The van der Waals surface area contributed by atoms with Crippen LogP contribution in [-0.4, -0.2) is 48.9 Å². The molecule has 0 radical (unpaired) electrons. The Bertz CT molecular complexity index is 838. The monoisotopic (exact) mass is 360 g/mol. The molecule has 2 aromatic rings. The van der Waals surface area contributed by atoms with E-state index in [0.29, 0.717) is 24.3 Å². The van der Waals surface area contributed by atoms with Gasteiger partial charge in [-0.2, -0.15) is 0 Å². The van der Waals surface area contributed by atoms with E-state index in [2.05, 4.69) is 15.3 Å². The van der Waals surface area contributed by atoms with Crippen LogP contribution in [0.4, 0.5) is 5.82 Å². The molecule has 0 bridgehead atoms. The first-order valence-electron chi connectivity index (χ1n) is 8.02. The fraction of sp³-hybridized carbons (Fsp3) is 0.353. The summed E-state index contributed by atoms with van der Waals surface area (Å²) in [6.45, 7) is 0.348. The van der Waals surface area contributed by atoms with Crippen molar-refractivity contribution in [3.8, 4) is 0 Å². The van der Waals surface area contributed by atoms with E-state index in [1.165, 1.54) is 6.20 Å². The van der Waals surface area contributed by atoms with Crippen LogP contribution in [0.2, 0.25) is 0 Å². The number of aromatic nitrogens is 2. The number of hydrogen-bond donors (Lipinski definition) is 1. The largest absolute Gasteiger partial charge is 0.356 e. The fourth-order valence-electron chi connectivity index (χ4n) is 2.77. The van der Waals surface area contributed by atoms with Gasteiger partial charge < -0.3 is 10.2 Å². The van der Waals surface area contributed by atoms with Crippen LogP contribution in [0.5, 0.6) is 0 Å². The molecule has 7 nitrogen and oxygen atoms in total. The molecule has 1 unspecified atom stereocenters. The van der Waals surface area contributed by atoms with E-state index in [-0.39, 0.29) is 23.5 Å². The van der Waals surface area contributed by atoms with Crippen molar-refractivity contribution in [2.45, 2.75) is 19.0 Å². The van der Waals surface area contributed by atoms with Crippen LogP contribution >= 0.6 is 0 Å². The molecule has 1 aliphatic heterocycles. The lowest BCUT2D eigenvalue weighted by molar-refractivity contribution is 0.0950. The Morgan fingerprint density at radius 1 is 1.28 bits per heavy atom. The van der Waals surface area contributed by atoms with Crippen LogP contribution < -0.4 is 10.2 Å². The molecule has 1 N–H and O–H groups in total. The van der Waals surface area contributed by atoms with Crippen molar-refractivity contribution in [1.82, 2.24) is 15.3 Å². The summed E-state index contributed by atoms with van der Waals surface area (Å²) >= 11 is 0. The van der Waals surface area contributed by atoms with Crippen molar-refractivity contribution in [2.24, 2.45) is 0 Å². The highest BCUT2D eigenvalue weighted by molar-refractivity contribution is 7.91. The van der Waals surface area contributed by atoms with E-state index in [9.17, 15) is 13.2 Å². The van der Waals surface area contributed by atoms with E-state index < -0.39 is 9.84 Å². The van der Waals surface area contributed by atoms with Gasteiger partial charge >= 0.3 is 0 Å². The minimum absolute atomic E-state index is 0.0682. The highest BCUT2D eigenvalue weighted by atomic mass is 32.2. The summed E-state index contributed by atoms with van der Waals surface area (Å²) in [6.07, 6.45) is 3.78. The molecule has 0 aliphatic carbocycles. The molecule has 25 heavy (non-hydrogen) atoms. The number of nitrogens with zero attached hydrogens (tertiary/aromatic N) is 3. The Kier molecular flexibility index (Phi) is 4.98. The van der Waals surface area contributed by atoms with Gasteiger partial charge in [0.25, 0.3) is 5.91 Å². The molecular weight excluding hydrogens is 340 g/mol. The average Bonchev–Trinajstić information content (AvgIpc) is 3.00. The molecular formula is C17H20N4O3S. The van der Waals surface area contributed by atoms with Gasteiger partial charge in [0.1, 0.15) is 5.82 Å². The van der Waals surface area contributed by atoms with E-state index in [1.807, 2.05) is 30.1 Å². The molecule has 2 aromatic heterocycles. The molecule has 0 saturated carbocycles. The minimum Gasteiger partial charge on any atom is -0.356 e. The lowest BCUT2D eigenvalue weighted by Crippen LogP contribution is -2.33. The van der Waals surface area contributed by atoms with Crippen LogP contribution in [-0.2, 0) is 16.4 Å². The quantitative estimate of drug-likeness (QED) is 0.856. The second-order valence-electron chi connectivity index (χ2n) is 6.08. The molecule has 132 valence electrons. The molecule has 0 aromatic carbocycles. The average molecular weight is 360 g/mol. The highest BCUT2D eigenvalue weighted by Gasteiger charge is 2.31. The minimum atomic E-state index is -2.94. The molecule has 0 spiro atoms. The first-order valence-corrected chi connectivity index (χ1v) is 9.84. The van der Waals surface area contributed by atoms with Gasteiger partial charge in [-0.15, -0.1) is 0 Å². The van der Waals surface area contributed by atoms with Gasteiger partial charge in [0.15, 0.2) is 9.84 Å².